The summed E-state index contributed by atoms with van der Waals surface area (Å²) in [4.78, 5) is 27.9. The van der Waals surface area contributed by atoms with Crippen LogP contribution >= 0.6 is 15.9 Å². The molecule has 34 heavy (non-hydrogen) atoms. The number of amides is 1. The fourth-order valence-electron chi connectivity index (χ4n) is 4.00. The van der Waals surface area contributed by atoms with Gasteiger partial charge in [-0.3, -0.25) is 9.59 Å². The standard InChI is InChI=1S/C24H22BrNO8/c1-31-8-7-26-19(13-9-14(25)20(27)16(11-13)33-3)18(22(29)24(26)30)21(28)17-10-12-5-4-6-15(32-2)23(12)34-17/h4-6,9-11,19,27,29H,7-8H2,1-3H3. The maximum Gasteiger partial charge on any atom is 0.290 e. The zero-order valence-electron chi connectivity index (χ0n) is 18.6. The third-order valence-corrected chi connectivity index (χ3v) is 6.23. The molecular formula is C24H22BrNO8. The lowest BCUT2D eigenvalue weighted by Crippen LogP contribution is -2.34. The molecule has 0 saturated carbocycles. The van der Waals surface area contributed by atoms with Crippen molar-refractivity contribution in [2.45, 2.75) is 6.04 Å². The number of hydrogen-bond acceptors (Lipinski definition) is 8. The van der Waals surface area contributed by atoms with Gasteiger partial charge in [-0.1, -0.05) is 12.1 Å². The van der Waals surface area contributed by atoms with Gasteiger partial charge < -0.3 is 33.7 Å². The van der Waals surface area contributed by atoms with Crippen LogP contribution in [0, 0.1) is 0 Å². The largest absolute Gasteiger partial charge is 0.503 e. The van der Waals surface area contributed by atoms with E-state index < -0.39 is 23.5 Å². The molecule has 1 atom stereocenters. The fraction of sp³-hybridized carbons (Fsp3) is 0.250. The Hall–Kier alpha value is -3.50. The van der Waals surface area contributed by atoms with Crippen molar-refractivity contribution in [2.75, 3.05) is 34.5 Å². The van der Waals surface area contributed by atoms with Gasteiger partial charge in [0, 0.05) is 19.0 Å². The van der Waals surface area contributed by atoms with E-state index in [1.807, 2.05) is 0 Å². The minimum absolute atomic E-state index is 0.0581. The molecule has 1 aromatic heterocycles. The van der Waals surface area contributed by atoms with Crippen LogP contribution in [0.1, 0.15) is 22.2 Å². The molecule has 10 heteroatoms. The third-order valence-electron chi connectivity index (χ3n) is 5.62. The van der Waals surface area contributed by atoms with Gasteiger partial charge in [-0.05, 0) is 45.8 Å². The average molecular weight is 532 g/mol. The summed E-state index contributed by atoms with van der Waals surface area (Å²) in [5, 5.41) is 21.6. The van der Waals surface area contributed by atoms with Crippen molar-refractivity contribution >= 4 is 38.6 Å². The smallest absolute Gasteiger partial charge is 0.290 e. The normalized spacial score (nSPS) is 15.9. The number of aromatic hydroxyl groups is 1. The first-order valence-electron chi connectivity index (χ1n) is 10.2. The molecule has 0 aliphatic carbocycles. The molecule has 0 radical (unpaired) electrons. The number of Topliss-reactive ketones (excluding diaryl/α,β-unsaturated/α-hetero) is 1. The van der Waals surface area contributed by atoms with Crippen LogP contribution in [0.25, 0.3) is 11.0 Å². The molecule has 2 heterocycles. The van der Waals surface area contributed by atoms with Gasteiger partial charge in [0.2, 0.25) is 5.78 Å². The van der Waals surface area contributed by atoms with Crippen LogP contribution < -0.4 is 9.47 Å². The molecule has 178 valence electrons. The van der Waals surface area contributed by atoms with Crippen LogP contribution in [0.5, 0.6) is 17.2 Å². The van der Waals surface area contributed by atoms with E-state index in [2.05, 4.69) is 15.9 Å². The van der Waals surface area contributed by atoms with Crippen molar-refractivity contribution in [1.82, 2.24) is 4.90 Å². The Labute approximate surface area is 203 Å². The quantitative estimate of drug-likeness (QED) is 0.416. The Morgan fingerprint density at radius 2 is 1.85 bits per heavy atom. The first-order chi connectivity index (χ1) is 16.3. The number of carbonyl (C=O) groups excluding carboxylic acids is 2. The summed E-state index contributed by atoms with van der Waals surface area (Å²) < 4.78 is 21.7. The minimum atomic E-state index is -0.976. The van der Waals surface area contributed by atoms with Gasteiger partial charge in [0.15, 0.2) is 34.4 Å². The van der Waals surface area contributed by atoms with Crippen LogP contribution in [0.2, 0.25) is 0 Å². The molecule has 1 unspecified atom stereocenters. The van der Waals surface area contributed by atoms with Crippen LogP contribution in [0.4, 0.5) is 0 Å². The van der Waals surface area contributed by atoms with Crippen LogP contribution in [-0.2, 0) is 9.53 Å². The molecule has 1 amide bonds. The zero-order chi connectivity index (χ0) is 24.6. The number of hydrogen-bond donors (Lipinski definition) is 2. The number of benzene rings is 2. The van der Waals surface area contributed by atoms with E-state index in [0.717, 1.165) is 0 Å². The number of furan rings is 1. The van der Waals surface area contributed by atoms with E-state index in [1.165, 1.54) is 38.4 Å². The number of aliphatic hydroxyl groups is 1. The van der Waals surface area contributed by atoms with Crippen molar-refractivity contribution < 1.29 is 38.4 Å². The summed E-state index contributed by atoms with van der Waals surface area (Å²) in [7, 11) is 4.36. The lowest BCUT2D eigenvalue weighted by atomic mass is 9.94. The number of phenols is 1. The van der Waals surface area contributed by atoms with Crippen LogP contribution in [0.15, 0.2) is 56.6 Å². The zero-order valence-corrected chi connectivity index (χ0v) is 20.2. The van der Waals surface area contributed by atoms with Crippen molar-refractivity contribution in [3.63, 3.8) is 0 Å². The Bertz CT molecular complexity index is 1310. The molecule has 1 aliphatic rings. The maximum atomic E-state index is 13.6. The molecule has 4 rings (SSSR count). The molecule has 9 nitrogen and oxygen atoms in total. The second-order valence-corrected chi connectivity index (χ2v) is 8.38. The Morgan fingerprint density at radius 1 is 1.12 bits per heavy atom. The molecule has 0 saturated heterocycles. The highest BCUT2D eigenvalue weighted by Crippen LogP contribution is 2.44. The Morgan fingerprint density at radius 3 is 2.53 bits per heavy atom. The van der Waals surface area contributed by atoms with Crippen LogP contribution in [-0.4, -0.2) is 61.3 Å². The number of halogens is 1. The lowest BCUT2D eigenvalue weighted by molar-refractivity contribution is -0.130. The topological polar surface area (TPSA) is 119 Å². The summed E-state index contributed by atoms with van der Waals surface area (Å²) in [6.45, 7) is 0.283. The molecule has 1 aliphatic heterocycles. The number of methoxy groups -OCH3 is 3. The average Bonchev–Trinajstić information content (AvgIpc) is 3.38. The first-order valence-corrected chi connectivity index (χ1v) is 11.0. The summed E-state index contributed by atoms with van der Waals surface area (Å²) in [6, 6.07) is 8.84. The second-order valence-electron chi connectivity index (χ2n) is 7.53. The molecule has 2 N–H and O–H groups in total. The van der Waals surface area contributed by atoms with Crippen LogP contribution in [0.3, 0.4) is 0 Å². The Kier molecular flexibility index (Phi) is 6.54. The van der Waals surface area contributed by atoms with E-state index in [-0.39, 0.29) is 36.0 Å². The van der Waals surface area contributed by atoms with Gasteiger partial charge in [-0.2, -0.15) is 0 Å². The molecule has 0 spiro atoms. The number of ether oxygens (including phenoxy) is 3. The summed E-state index contributed by atoms with van der Waals surface area (Å²) >= 11 is 3.27. The highest BCUT2D eigenvalue weighted by atomic mass is 79.9. The Balaban J connectivity index is 1.86. The van der Waals surface area contributed by atoms with Crippen molar-refractivity contribution in [3.8, 4) is 17.2 Å². The monoisotopic (exact) mass is 531 g/mol. The predicted molar refractivity (Wildman–Crippen MR) is 125 cm³/mol. The highest BCUT2D eigenvalue weighted by molar-refractivity contribution is 9.10. The number of para-hydroxylation sites is 1. The number of phenolic OH excluding ortho intramolecular Hbond substituents is 1. The number of ketones is 1. The van der Waals surface area contributed by atoms with Gasteiger partial charge in [-0.25, -0.2) is 0 Å². The van der Waals surface area contributed by atoms with E-state index in [9.17, 15) is 19.8 Å². The van der Waals surface area contributed by atoms with Gasteiger partial charge in [-0.15, -0.1) is 0 Å². The first kappa shape index (κ1) is 23.7. The summed E-state index contributed by atoms with van der Waals surface area (Å²) in [5.41, 5.74) is 0.658. The fourth-order valence-corrected chi connectivity index (χ4v) is 4.46. The maximum absolute atomic E-state index is 13.6. The molecular weight excluding hydrogens is 510 g/mol. The van der Waals surface area contributed by atoms with Gasteiger partial charge in [0.25, 0.3) is 5.91 Å². The number of fused-ring (bicyclic) bond motifs is 1. The van der Waals surface area contributed by atoms with E-state index >= 15 is 0 Å². The predicted octanol–water partition coefficient (Wildman–Crippen LogP) is 4.14. The number of carbonyl (C=O) groups is 2. The van der Waals surface area contributed by atoms with Gasteiger partial charge in [0.1, 0.15) is 0 Å². The summed E-state index contributed by atoms with van der Waals surface area (Å²) in [6.07, 6.45) is 0. The third kappa shape index (κ3) is 3.88. The molecule has 0 bridgehead atoms. The molecule has 3 aromatic rings. The van der Waals surface area contributed by atoms with Crippen molar-refractivity contribution in [2.24, 2.45) is 0 Å². The number of nitrogens with zero attached hydrogens (tertiary/aromatic N) is 1. The second kappa shape index (κ2) is 9.40. The molecule has 0 fully saturated rings. The lowest BCUT2D eigenvalue weighted by Gasteiger charge is -2.27. The number of rotatable bonds is 8. The van der Waals surface area contributed by atoms with E-state index in [0.29, 0.717) is 26.8 Å². The minimum Gasteiger partial charge on any atom is -0.503 e. The van der Waals surface area contributed by atoms with E-state index in [4.69, 9.17) is 18.6 Å². The van der Waals surface area contributed by atoms with Gasteiger partial charge >= 0.3 is 0 Å². The SMILES string of the molecule is COCCN1C(=O)C(O)=C(C(=O)c2cc3cccc(OC)c3o2)C1c1cc(Br)c(O)c(OC)c1. The number of aliphatic hydroxyl groups excluding tert-OH is 1. The summed E-state index contributed by atoms with van der Waals surface area (Å²) in [5.74, 6) is -1.67. The van der Waals surface area contributed by atoms with Crippen molar-refractivity contribution in [3.05, 3.63) is 63.5 Å². The van der Waals surface area contributed by atoms with Crippen molar-refractivity contribution in [1.29, 1.82) is 0 Å². The highest BCUT2D eigenvalue weighted by Gasteiger charge is 2.45. The van der Waals surface area contributed by atoms with E-state index in [1.54, 1.807) is 24.3 Å². The molecule has 2 aromatic carbocycles. The van der Waals surface area contributed by atoms with Gasteiger partial charge in [0.05, 0.1) is 36.9 Å².